The summed E-state index contributed by atoms with van der Waals surface area (Å²) in [6.45, 7) is 10.3. The van der Waals surface area contributed by atoms with E-state index in [2.05, 4.69) is 61.1 Å². The molecule has 4 heteroatoms. The first-order valence-corrected chi connectivity index (χ1v) is 7.73. The first kappa shape index (κ1) is 15.8. The molecule has 1 aromatic carbocycles. The van der Waals surface area contributed by atoms with Crippen LogP contribution in [0.25, 0.3) is 0 Å². The standard InChI is InChI=1S/C17H26N4/c1-13(2)19-11-15-5-6-17(16(9-15)10-18)21-8-7-20(4)14(3)12-21/h5-6,9,13-14,19H,7-8,11-12H2,1-4H3. The Morgan fingerprint density at radius 1 is 1.38 bits per heavy atom. The van der Waals surface area contributed by atoms with E-state index in [1.54, 1.807) is 0 Å². The average Bonchev–Trinajstić information content (AvgIpc) is 2.47. The van der Waals surface area contributed by atoms with Crippen LogP contribution in [0.4, 0.5) is 5.69 Å². The number of anilines is 1. The van der Waals surface area contributed by atoms with E-state index >= 15 is 0 Å². The zero-order valence-corrected chi connectivity index (χ0v) is 13.6. The molecule has 1 unspecified atom stereocenters. The Hall–Kier alpha value is -1.57. The van der Waals surface area contributed by atoms with Crippen molar-refractivity contribution in [3.05, 3.63) is 29.3 Å². The maximum atomic E-state index is 9.46. The third-order valence-corrected chi connectivity index (χ3v) is 4.20. The van der Waals surface area contributed by atoms with Crippen LogP contribution in [0.2, 0.25) is 0 Å². The van der Waals surface area contributed by atoms with Gasteiger partial charge in [-0.25, -0.2) is 0 Å². The fourth-order valence-electron chi connectivity index (χ4n) is 2.65. The van der Waals surface area contributed by atoms with Gasteiger partial charge < -0.3 is 15.1 Å². The minimum absolute atomic E-state index is 0.452. The fraction of sp³-hybridized carbons (Fsp3) is 0.588. The highest BCUT2D eigenvalue weighted by molar-refractivity contribution is 5.61. The van der Waals surface area contributed by atoms with Crippen molar-refractivity contribution in [2.24, 2.45) is 0 Å². The van der Waals surface area contributed by atoms with Gasteiger partial charge in [-0.3, -0.25) is 0 Å². The zero-order chi connectivity index (χ0) is 15.4. The van der Waals surface area contributed by atoms with Gasteiger partial charge in [0.25, 0.3) is 0 Å². The normalized spacial score (nSPS) is 19.8. The van der Waals surface area contributed by atoms with E-state index in [0.29, 0.717) is 12.1 Å². The molecule has 1 fully saturated rings. The summed E-state index contributed by atoms with van der Waals surface area (Å²) in [4.78, 5) is 4.70. The molecule has 0 aliphatic carbocycles. The molecule has 0 amide bonds. The summed E-state index contributed by atoms with van der Waals surface area (Å²) < 4.78 is 0. The third kappa shape index (κ3) is 3.96. The van der Waals surface area contributed by atoms with Crippen LogP contribution >= 0.6 is 0 Å². The molecule has 0 bridgehead atoms. The largest absolute Gasteiger partial charge is 0.368 e. The van der Waals surface area contributed by atoms with Gasteiger partial charge in [0.15, 0.2) is 0 Å². The van der Waals surface area contributed by atoms with Crippen molar-refractivity contribution in [1.82, 2.24) is 10.2 Å². The minimum Gasteiger partial charge on any atom is -0.368 e. The molecule has 1 atom stereocenters. The van der Waals surface area contributed by atoms with Crippen molar-refractivity contribution in [1.29, 1.82) is 5.26 Å². The lowest BCUT2D eigenvalue weighted by Crippen LogP contribution is -2.50. The molecular formula is C17H26N4. The quantitative estimate of drug-likeness (QED) is 0.921. The van der Waals surface area contributed by atoms with Gasteiger partial charge in [-0.1, -0.05) is 19.9 Å². The second-order valence-corrected chi connectivity index (χ2v) is 6.27. The zero-order valence-electron chi connectivity index (χ0n) is 13.6. The van der Waals surface area contributed by atoms with E-state index in [-0.39, 0.29) is 0 Å². The number of likely N-dealkylation sites (N-methyl/N-ethyl adjacent to an activating group) is 1. The summed E-state index contributed by atoms with van der Waals surface area (Å²) in [6.07, 6.45) is 0. The fourth-order valence-corrected chi connectivity index (χ4v) is 2.65. The molecule has 0 radical (unpaired) electrons. The number of nitrogens with zero attached hydrogens (tertiary/aromatic N) is 3. The molecule has 1 heterocycles. The van der Waals surface area contributed by atoms with Gasteiger partial charge in [0.2, 0.25) is 0 Å². The highest BCUT2D eigenvalue weighted by Crippen LogP contribution is 2.24. The van der Waals surface area contributed by atoms with Crippen LogP contribution in [0.5, 0.6) is 0 Å². The van der Waals surface area contributed by atoms with Crippen molar-refractivity contribution in [2.45, 2.75) is 39.4 Å². The van der Waals surface area contributed by atoms with Crippen molar-refractivity contribution in [3.8, 4) is 6.07 Å². The maximum absolute atomic E-state index is 9.46. The molecule has 2 rings (SSSR count). The van der Waals surface area contributed by atoms with Gasteiger partial charge in [0.1, 0.15) is 6.07 Å². The number of rotatable bonds is 4. The van der Waals surface area contributed by atoms with Crippen molar-refractivity contribution >= 4 is 5.69 Å². The molecule has 114 valence electrons. The smallest absolute Gasteiger partial charge is 0.101 e. The minimum atomic E-state index is 0.452. The van der Waals surface area contributed by atoms with Gasteiger partial charge in [0, 0.05) is 38.3 Å². The molecule has 0 spiro atoms. The monoisotopic (exact) mass is 286 g/mol. The highest BCUT2D eigenvalue weighted by Gasteiger charge is 2.22. The molecule has 1 N–H and O–H groups in total. The van der Waals surface area contributed by atoms with Crippen molar-refractivity contribution in [2.75, 3.05) is 31.6 Å². The van der Waals surface area contributed by atoms with E-state index < -0.39 is 0 Å². The Labute approximate surface area is 128 Å². The molecule has 1 aliphatic rings. The molecule has 1 aromatic rings. The highest BCUT2D eigenvalue weighted by atomic mass is 15.3. The number of nitrogens with one attached hydrogen (secondary N) is 1. The Bertz CT molecular complexity index is 518. The second-order valence-electron chi connectivity index (χ2n) is 6.27. The molecule has 1 aliphatic heterocycles. The lowest BCUT2D eigenvalue weighted by atomic mass is 10.1. The lowest BCUT2D eigenvalue weighted by Gasteiger charge is -2.39. The molecular weight excluding hydrogens is 260 g/mol. The van der Waals surface area contributed by atoms with Crippen LogP contribution in [0, 0.1) is 11.3 Å². The number of piperazine rings is 1. The van der Waals surface area contributed by atoms with Crippen LogP contribution in [0.3, 0.4) is 0 Å². The van der Waals surface area contributed by atoms with E-state index in [9.17, 15) is 5.26 Å². The van der Waals surface area contributed by atoms with Crippen molar-refractivity contribution < 1.29 is 0 Å². The summed E-state index contributed by atoms with van der Waals surface area (Å²) in [7, 11) is 2.16. The van der Waals surface area contributed by atoms with Gasteiger partial charge in [-0.2, -0.15) is 5.26 Å². The van der Waals surface area contributed by atoms with Crippen LogP contribution < -0.4 is 10.2 Å². The number of benzene rings is 1. The van der Waals surface area contributed by atoms with E-state index in [1.165, 1.54) is 5.56 Å². The van der Waals surface area contributed by atoms with Crippen LogP contribution in [-0.4, -0.2) is 43.7 Å². The third-order valence-electron chi connectivity index (χ3n) is 4.20. The van der Waals surface area contributed by atoms with Crippen LogP contribution in [0.15, 0.2) is 18.2 Å². The second kappa shape index (κ2) is 6.93. The Kier molecular flexibility index (Phi) is 5.22. The van der Waals surface area contributed by atoms with Gasteiger partial charge in [-0.05, 0) is 31.7 Å². The molecule has 4 nitrogen and oxygen atoms in total. The summed E-state index contributed by atoms with van der Waals surface area (Å²) in [6, 6.07) is 9.60. The first-order chi connectivity index (χ1) is 10.0. The topological polar surface area (TPSA) is 42.3 Å². The van der Waals surface area contributed by atoms with Crippen LogP contribution in [-0.2, 0) is 6.54 Å². The van der Waals surface area contributed by atoms with E-state index in [4.69, 9.17) is 0 Å². The molecule has 21 heavy (non-hydrogen) atoms. The lowest BCUT2D eigenvalue weighted by molar-refractivity contribution is 0.234. The Balaban J connectivity index is 2.15. The molecule has 0 aromatic heterocycles. The van der Waals surface area contributed by atoms with Gasteiger partial charge in [0.05, 0.1) is 11.3 Å². The summed E-state index contributed by atoms with van der Waals surface area (Å²) >= 11 is 0. The summed E-state index contributed by atoms with van der Waals surface area (Å²) in [5.41, 5.74) is 3.03. The number of hydrogen-bond acceptors (Lipinski definition) is 4. The van der Waals surface area contributed by atoms with Crippen LogP contribution in [0.1, 0.15) is 31.9 Å². The predicted octanol–water partition coefficient (Wildman–Crippen LogP) is 2.20. The average molecular weight is 286 g/mol. The Morgan fingerprint density at radius 2 is 2.14 bits per heavy atom. The summed E-state index contributed by atoms with van der Waals surface area (Å²) in [5.74, 6) is 0. The molecule has 1 saturated heterocycles. The predicted molar refractivity (Wildman–Crippen MR) is 87.4 cm³/mol. The number of nitriles is 1. The van der Waals surface area contributed by atoms with Crippen molar-refractivity contribution in [3.63, 3.8) is 0 Å². The Morgan fingerprint density at radius 3 is 2.76 bits per heavy atom. The maximum Gasteiger partial charge on any atom is 0.101 e. The SMILES string of the molecule is CC(C)NCc1ccc(N2CCN(C)C(C)C2)c(C#N)c1. The first-order valence-electron chi connectivity index (χ1n) is 7.73. The van der Waals surface area contributed by atoms with E-state index in [1.807, 2.05) is 6.07 Å². The van der Waals surface area contributed by atoms with E-state index in [0.717, 1.165) is 37.4 Å². The van der Waals surface area contributed by atoms with Gasteiger partial charge in [-0.15, -0.1) is 0 Å². The molecule has 0 saturated carbocycles. The number of hydrogen-bond donors (Lipinski definition) is 1. The summed E-state index contributed by atoms with van der Waals surface area (Å²) in [5, 5.41) is 12.9. The van der Waals surface area contributed by atoms with Gasteiger partial charge >= 0.3 is 0 Å².